The fourth-order valence-electron chi connectivity index (χ4n) is 4.08. The second kappa shape index (κ2) is 10.3. The molecule has 7 heteroatoms. The highest BCUT2D eigenvalue weighted by Gasteiger charge is 2.37. The first-order valence-corrected chi connectivity index (χ1v) is 11.9. The summed E-state index contributed by atoms with van der Waals surface area (Å²) in [6, 6.07) is 11.6. The van der Waals surface area contributed by atoms with Crippen molar-refractivity contribution >= 4 is 23.2 Å². The number of fused-ring (bicyclic) bond motifs is 1. The molecule has 1 aliphatic carbocycles. The van der Waals surface area contributed by atoms with E-state index in [-0.39, 0.29) is 30.3 Å². The SMILES string of the molecule is COCCCN(CC(=O)N1CCc2sccc2C1COc1ccccc1)C(=O)C1CC1. The summed E-state index contributed by atoms with van der Waals surface area (Å²) >= 11 is 1.74. The first kappa shape index (κ1) is 21.8. The first-order chi connectivity index (χ1) is 15.2. The van der Waals surface area contributed by atoms with Gasteiger partial charge >= 0.3 is 0 Å². The Hall–Kier alpha value is -2.38. The summed E-state index contributed by atoms with van der Waals surface area (Å²) in [6.45, 7) is 2.31. The van der Waals surface area contributed by atoms with E-state index in [4.69, 9.17) is 9.47 Å². The minimum atomic E-state index is -0.139. The molecule has 0 saturated heterocycles. The zero-order valence-electron chi connectivity index (χ0n) is 18.0. The lowest BCUT2D eigenvalue weighted by Crippen LogP contribution is -2.48. The molecule has 166 valence electrons. The number of hydrogen-bond donors (Lipinski definition) is 0. The molecular weight excluding hydrogens is 412 g/mol. The van der Waals surface area contributed by atoms with Crippen molar-refractivity contribution in [2.24, 2.45) is 5.92 Å². The highest BCUT2D eigenvalue weighted by Crippen LogP contribution is 2.35. The zero-order chi connectivity index (χ0) is 21.6. The van der Waals surface area contributed by atoms with E-state index >= 15 is 0 Å². The third-order valence-electron chi connectivity index (χ3n) is 5.91. The van der Waals surface area contributed by atoms with Crippen LogP contribution >= 0.6 is 11.3 Å². The Kier molecular flexibility index (Phi) is 7.25. The van der Waals surface area contributed by atoms with Crippen LogP contribution in [0.3, 0.4) is 0 Å². The Bertz CT molecular complexity index is 881. The van der Waals surface area contributed by atoms with Crippen molar-refractivity contribution in [2.45, 2.75) is 31.7 Å². The van der Waals surface area contributed by atoms with Crippen LogP contribution in [0.4, 0.5) is 0 Å². The van der Waals surface area contributed by atoms with Crippen LogP contribution in [0, 0.1) is 5.92 Å². The largest absolute Gasteiger partial charge is 0.491 e. The Balaban J connectivity index is 1.46. The summed E-state index contributed by atoms with van der Waals surface area (Å²) in [4.78, 5) is 31.1. The van der Waals surface area contributed by atoms with E-state index in [2.05, 4.69) is 11.4 Å². The molecule has 0 bridgehead atoms. The zero-order valence-corrected chi connectivity index (χ0v) is 18.8. The molecule has 0 radical (unpaired) electrons. The lowest BCUT2D eigenvalue weighted by molar-refractivity contribution is -0.143. The summed E-state index contributed by atoms with van der Waals surface area (Å²) in [7, 11) is 1.65. The highest BCUT2D eigenvalue weighted by molar-refractivity contribution is 7.10. The second-order valence-corrected chi connectivity index (χ2v) is 9.16. The fraction of sp³-hybridized carbons (Fsp3) is 0.500. The standard InChI is InChI=1S/C24H30N2O4S/c1-29-14-5-12-25(24(28)18-8-9-18)16-23(27)26-13-10-22-20(11-15-31-22)21(26)17-30-19-6-3-2-4-7-19/h2-4,6-7,11,15,18,21H,5,8-10,12-14,16-17H2,1H3. The van der Waals surface area contributed by atoms with Gasteiger partial charge in [0.25, 0.3) is 0 Å². The summed E-state index contributed by atoms with van der Waals surface area (Å²) in [5.74, 6) is 0.986. The number of ether oxygens (including phenoxy) is 2. The Morgan fingerprint density at radius 3 is 2.74 bits per heavy atom. The smallest absolute Gasteiger partial charge is 0.242 e. The van der Waals surface area contributed by atoms with Crippen LogP contribution in [-0.2, 0) is 20.7 Å². The molecule has 4 rings (SSSR count). The van der Waals surface area contributed by atoms with E-state index in [9.17, 15) is 9.59 Å². The van der Waals surface area contributed by atoms with Crippen LogP contribution < -0.4 is 4.74 Å². The topological polar surface area (TPSA) is 59.1 Å². The molecule has 2 aliphatic rings. The average molecular weight is 443 g/mol. The van der Waals surface area contributed by atoms with Crippen LogP contribution in [0.2, 0.25) is 0 Å². The molecule has 1 aromatic heterocycles. The van der Waals surface area contributed by atoms with E-state index in [0.717, 1.165) is 31.4 Å². The van der Waals surface area contributed by atoms with Gasteiger partial charge in [-0.25, -0.2) is 0 Å². The molecule has 2 amide bonds. The van der Waals surface area contributed by atoms with Gasteiger partial charge in [0.05, 0.1) is 12.6 Å². The Morgan fingerprint density at radius 2 is 2.00 bits per heavy atom. The minimum absolute atomic E-state index is 0.00933. The molecule has 31 heavy (non-hydrogen) atoms. The van der Waals surface area contributed by atoms with Gasteiger partial charge in [-0.3, -0.25) is 9.59 Å². The van der Waals surface area contributed by atoms with Gasteiger partial charge in [0, 0.05) is 37.6 Å². The van der Waals surface area contributed by atoms with Gasteiger partial charge in [0.2, 0.25) is 11.8 Å². The molecule has 6 nitrogen and oxygen atoms in total. The highest BCUT2D eigenvalue weighted by atomic mass is 32.1. The maximum Gasteiger partial charge on any atom is 0.242 e. The number of carbonyl (C=O) groups excluding carboxylic acids is 2. The van der Waals surface area contributed by atoms with Crippen LogP contribution in [0.5, 0.6) is 5.75 Å². The quantitative estimate of drug-likeness (QED) is 0.528. The van der Waals surface area contributed by atoms with Crippen molar-refractivity contribution in [2.75, 3.05) is 40.0 Å². The van der Waals surface area contributed by atoms with Crippen molar-refractivity contribution in [1.82, 2.24) is 9.80 Å². The fourth-order valence-corrected chi connectivity index (χ4v) is 5.00. The number of carbonyl (C=O) groups is 2. The normalized spacial score (nSPS) is 17.8. The lowest BCUT2D eigenvalue weighted by Gasteiger charge is -2.37. The average Bonchev–Trinajstić information content (AvgIpc) is 3.53. The van der Waals surface area contributed by atoms with Crippen LogP contribution in [0.15, 0.2) is 41.8 Å². The molecule has 1 saturated carbocycles. The van der Waals surface area contributed by atoms with Crippen molar-refractivity contribution in [1.29, 1.82) is 0 Å². The number of para-hydroxylation sites is 1. The Labute approximate surface area is 187 Å². The summed E-state index contributed by atoms with van der Waals surface area (Å²) in [5, 5.41) is 2.09. The van der Waals surface area contributed by atoms with Gasteiger partial charge < -0.3 is 19.3 Å². The van der Waals surface area contributed by atoms with E-state index in [1.54, 1.807) is 23.3 Å². The van der Waals surface area contributed by atoms with Crippen LogP contribution in [0.25, 0.3) is 0 Å². The molecule has 1 unspecified atom stereocenters. The number of methoxy groups -OCH3 is 1. The van der Waals surface area contributed by atoms with Gasteiger partial charge in [-0.05, 0) is 54.8 Å². The van der Waals surface area contributed by atoms with Crippen molar-refractivity contribution in [3.63, 3.8) is 0 Å². The molecule has 0 spiro atoms. The van der Waals surface area contributed by atoms with Crippen LogP contribution in [-0.4, -0.2) is 61.6 Å². The van der Waals surface area contributed by atoms with Gasteiger partial charge in [0.15, 0.2) is 0 Å². The molecule has 1 aromatic carbocycles. The maximum absolute atomic E-state index is 13.4. The van der Waals surface area contributed by atoms with Crippen molar-refractivity contribution in [3.05, 3.63) is 52.2 Å². The summed E-state index contributed by atoms with van der Waals surface area (Å²) in [5.41, 5.74) is 1.17. The third kappa shape index (κ3) is 5.46. The van der Waals surface area contributed by atoms with Crippen molar-refractivity contribution < 1.29 is 19.1 Å². The van der Waals surface area contributed by atoms with Crippen LogP contribution in [0.1, 0.15) is 35.7 Å². The van der Waals surface area contributed by atoms with E-state index in [1.807, 2.05) is 35.2 Å². The van der Waals surface area contributed by atoms with E-state index in [1.165, 1.54) is 10.4 Å². The predicted octanol–water partition coefficient (Wildman–Crippen LogP) is 3.53. The minimum Gasteiger partial charge on any atom is -0.491 e. The number of amides is 2. The molecule has 2 heterocycles. The third-order valence-corrected chi connectivity index (χ3v) is 6.90. The summed E-state index contributed by atoms with van der Waals surface area (Å²) < 4.78 is 11.2. The lowest BCUT2D eigenvalue weighted by atomic mass is 10.0. The van der Waals surface area contributed by atoms with Gasteiger partial charge in [0.1, 0.15) is 12.4 Å². The number of hydrogen-bond acceptors (Lipinski definition) is 5. The van der Waals surface area contributed by atoms with Gasteiger partial charge in [-0.15, -0.1) is 11.3 Å². The predicted molar refractivity (Wildman–Crippen MR) is 120 cm³/mol. The van der Waals surface area contributed by atoms with Gasteiger partial charge in [-0.1, -0.05) is 18.2 Å². The number of benzene rings is 1. The summed E-state index contributed by atoms with van der Waals surface area (Å²) in [6.07, 6.45) is 3.45. The molecular formula is C24H30N2O4S. The number of rotatable bonds is 10. The molecule has 1 aliphatic heterocycles. The number of nitrogens with zero attached hydrogens (tertiary/aromatic N) is 2. The molecule has 1 fully saturated rings. The van der Waals surface area contributed by atoms with Crippen molar-refractivity contribution in [3.8, 4) is 5.75 Å². The monoisotopic (exact) mass is 442 g/mol. The second-order valence-electron chi connectivity index (χ2n) is 8.16. The first-order valence-electron chi connectivity index (χ1n) is 11.0. The maximum atomic E-state index is 13.4. The number of thiophene rings is 1. The molecule has 1 atom stereocenters. The molecule has 0 N–H and O–H groups in total. The van der Waals surface area contributed by atoms with E-state index in [0.29, 0.717) is 26.3 Å². The van der Waals surface area contributed by atoms with E-state index < -0.39 is 0 Å². The Morgan fingerprint density at radius 1 is 1.19 bits per heavy atom. The molecule has 2 aromatic rings. The van der Waals surface area contributed by atoms with Gasteiger partial charge in [-0.2, -0.15) is 0 Å².